The summed E-state index contributed by atoms with van der Waals surface area (Å²) in [4.78, 5) is 6.68. The lowest BCUT2D eigenvalue weighted by Crippen LogP contribution is -2.45. The smallest absolute Gasteiger partial charge is 0.258 e. The highest BCUT2D eigenvalue weighted by atomic mass is 32.1. The molecule has 0 radical (unpaired) electrons. The fourth-order valence-electron chi connectivity index (χ4n) is 3.73. The molecule has 2 heterocycles. The zero-order valence-corrected chi connectivity index (χ0v) is 19.0. The average molecular weight is 449 g/mol. The van der Waals surface area contributed by atoms with Gasteiger partial charge in [-0.05, 0) is 42.9 Å². The first-order valence-electron chi connectivity index (χ1n) is 10.1. The van der Waals surface area contributed by atoms with Gasteiger partial charge in [-0.3, -0.25) is 0 Å². The molecule has 1 atom stereocenters. The monoisotopic (exact) mass is 448 g/mol. The number of rotatable bonds is 7. The van der Waals surface area contributed by atoms with Crippen LogP contribution in [-0.4, -0.2) is 40.9 Å². The van der Waals surface area contributed by atoms with E-state index in [1.807, 2.05) is 60.4 Å². The summed E-state index contributed by atoms with van der Waals surface area (Å²) in [6.45, 7) is 6.42. The van der Waals surface area contributed by atoms with Crippen LogP contribution in [0.15, 0.2) is 71.4 Å². The van der Waals surface area contributed by atoms with Gasteiger partial charge in [0.05, 0.1) is 25.8 Å². The Balaban J connectivity index is 1.80. The summed E-state index contributed by atoms with van der Waals surface area (Å²) in [7, 11) is 3.19. The van der Waals surface area contributed by atoms with Crippen molar-refractivity contribution < 1.29 is 14.0 Å². The van der Waals surface area contributed by atoms with Gasteiger partial charge < -0.3 is 24.2 Å². The van der Waals surface area contributed by atoms with E-state index in [1.54, 1.807) is 20.3 Å². The van der Waals surface area contributed by atoms with Crippen LogP contribution in [0.25, 0.3) is 17.0 Å². The van der Waals surface area contributed by atoms with E-state index < -0.39 is 0 Å². The number of benzene rings is 2. The quantitative estimate of drug-likeness (QED) is 0.415. The van der Waals surface area contributed by atoms with Crippen molar-refractivity contribution in [2.45, 2.75) is 13.0 Å². The number of allylic oxidation sites excluding steroid dienone is 1. The molecule has 4 rings (SSSR count). The first kappa shape index (κ1) is 21.6. The Morgan fingerprint density at radius 1 is 1.16 bits per heavy atom. The number of nitrogens with one attached hydrogen (secondary N) is 1. The molecule has 2 aromatic carbocycles. The molecule has 7 nitrogen and oxygen atoms in total. The Kier molecular flexibility index (Phi) is 6.23. The zero-order chi connectivity index (χ0) is 22.7. The molecule has 8 heteroatoms. The zero-order valence-electron chi connectivity index (χ0n) is 18.2. The van der Waals surface area contributed by atoms with Crippen molar-refractivity contribution in [3.8, 4) is 22.9 Å². The maximum absolute atomic E-state index is 5.75. The number of hydrogen-bond donors (Lipinski definition) is 1. The lowest BCUT2D eigenvalue weighted by atomic mass is 9.95. The second-order valence-corrected chi connectivity index (χ2v) is 7.57. The maximum atomic E-state index is 5.75. The van der Waals surface area contributed by atoms with E-state index in [-0.39, 0.29) is 6.04 Å². The molecule has 0 amide bonds. The standard InChI is InChI=1S/C24H24N4O3S/c1-5-13-28-15(2)20(21(25-24(28)32)16-9-7-6-8-10-16)23-26-22(27-31-23)17-11-12-18(29-3)19(14-17)30-4/h5-12,14,21H,1,13H2,2-4H3,(H,25,32). The molecular weight excluding hydrogens is 424 g/mol. The van der Waals surface area contributed by atoms with Gasteiger partial charge in [-0.15, -0.1) is 6.58 Å². The Morgan fingerprint density at radius 3 is 2.59 bits per heavy atom. The Morgan fingerprint density at radius 2 is 1.91 bits per heavy atom. The Bertz CT molecular complexity index is 1170. The topological polar surface area (TPSA) is 72.7 Å². The Labute approximate surface area is 192 Å². The number of thiocarbonyl (C=S) groups is 1. The summed E-state index contributed by atoms with van der Waals surface area (Å²) >= 11 is 5.62. The summed E-state index contributed by atoms with van der Waals surface area (Å²) in [6.07, 6.45) is 1.81. The third kappa shape index (κ3) is 3.97. The molecule has 32 heavy (non-hydrogen) atoms. The highest BCUT2D eigenvalue weighted by molar-refractivity contribution is 7.80. The predicted octanol–water partition coefficient (Wildman–Crippen LogP) is 4.60. The van der Waals surface area contributed by atoms with Crippen LogP contribution in [0.1, 0.15) is 24.4 Å². The molecule has 0 fully saturated rings. The van der Waals surface area contributed by atoms with E-state index in [2.05, 4.69) is 17.1 Å². The average Bonchev–Trinajstić information content (AvgIpc) is 3.31. The fraction of sp³-hybridized carbons (Fsp3) is 0.208. The molecule has 0 saturated heterocycles. The van der Waals surface area contributed by atoms with Crippen molar-refractivity contribution in [2.75, 3.05) is 20.8 Å². The molecule has 1 aliphatic rings. The SMILES string of the molecule is C=CCN1C(=S)NC(c2ccccc2)C(c2nc(-c3ccc(OC)c(OC)c3)no2)=C1C. The second-order valence-electron chi connectivity index (χ2n) is 7.18. The van der Waals surface area contributed by atoms with E-state index in [1.165, 1.54) is 0 Å². The predicted molar refractivity (Wildman–Crippen MR) is 127 cm³/mol. The summed E-state index contributed by atoms with van der Waals surface area (Å²) in [5.41, 5.74) is 3.61. The first-order valence-corrected chi connectivity index (χ1v) is 10.5. The summed E-state index contributed by atoms with van der Waals surface area (Å²) in [5.74, 6) is 2.10. The van der Waals surface area contributed by atoms with Crippen molar-refractivity contribution in [1.29, 1.82) is 0 Å². The van der Waals surface area contributed by atoms with Crippen LogP contribution in [0.2, 0.25) is 0 Å². The largest absolute Gasteiger partial charge is 0.493 e. The minimum Gasteiger partial charge on any atom is -0.493 e. The minimum absolute atomic E-state index is 0.219. The molecule has 0 aliphatic carbocycles. The van der Waals surface area contributed by atoms with Gasteiger partial charge in [-0.25, -0.2) is 0 Å². The van der Waals surface area contributed by atoms with E-state index in [9.17, 15) is 0 Å². The van der Waals surface area contributed by atoms with E-state index >= 15 is 0 Å². The molecule has 3 aromatic rings. The van der Waals surface area contributed by atoms with Gasteiger partial charge in [0.1, 0.15) is 0 Å². The second kappa shape index (κ2) is 9.23. The third-order valence-corrected chi connectivity index (χ3v) is 5.68. The molecule has 0 bridgehead atoms. The summed E-state index contributed by atoms with van der Waals surface area (Å²) in [6, 6.07) is 15.3. The van der Waals surface area contributed by atoms with Crippen LogP contribution >= 0.6 is 12.2 Å². The van der Waals surface area contributed by atoms with Gasteiger partial charge in [0.25, 0.3) is 5.89 Å². The lowest BCUT2D eigenvalue weighted by molar-refractivity contribution is 0.355. The van der Waals surface area contributed by atoms with Crippen molar-refractivity contribution >= 4 is 22.9 Å². The molecule has 1 N–H and O–H groups in total. The number of ether oxygens (including phenoxy) is 2. The molecular formula is C24H24N4O3S. The van der Waals surface area contributed by atoms with Gasteiger partial charge >= 0.3 is 0 Å². The van der Waals surface area contributed by atoms with E-state index in [0.717, 1.165) is 22.4 Å². The van der Waals surface area contributed by atoms with Crippen molar-refractivity contribution in [1.82, 2.24) is 20.4 Å². The summed E-state index contributed by atoms with van der Waals surface area (Å²) < 4.78 is 16.5. The van der Waals surface area contributed by atoms with Crippen LogP contribution in [0.4, 0.5) is 0 Å². The van der Waals surface area contributed by atoms with Gasteiger partial charge in [-0.2, -0.15) is 4.98 Å². The normalized spacial score (nSPS) is 16.0. The van der Waals surface area contributed by atoms with E-state index in [0.29, 0.717) is 34.9 Å². The van der Waals surface area contributed by atoms with Crippen LogP contribution in [-0.2, 0) is 0 Å². The van der Waals surface area contributed by atoms with Crippen LogP contribution in [0, 0.1) is 0 Å². The number of nitrogens with zero attached hydrogens (tertiary/aromatic N) is 3. The molecule has 0 saturated carbocycles. The van der Waals surface area contributed by atoms with Gasteiger partial charge in [0.2, 0.25) is 5.82 Å². The lowest BCUT2D eigenvalue weighted by Gasteiger charge is -2.36. The van der Waals surface area contributed by atoms with Gasteiger partial charge in [-0.1, -0.05) is 41.6 Å². The molecule has 1 unspecified atom stereocenters. The van der Waals surface area contributed by atoms with Crippen molar-refractivity contribution in [3.05, 3.63) is 78.3 Å². The van der Waals surface area contributed by atoms with Crippen LogP contribution < -0.4 is 14.8 Å². The molecule has 1 aliphatic heterocycles. The highest BCUT2D eigenvalue weighted by Crippen LogP contribution is 2.38. The third-order valence-electron chi connectivity index (χ3n) is 5.34. The van der Waals surface area contributed by atoms with Crippen molar-refractivity contribution in [2.24, 2.45) is 0 Å². The number of methoxy groups -OCH3 is 2. The number of hydrogen-bond acceptors (Lipinski definition) is 6. The van der Waals surface area contributed by atoms with Crippen LogP contribution in [0.3, 0.4) is 0 Å². The Hall–Kier alpha value is -3.65. The van der Waals surface area contributed by atoms with E-state index in [4.69, 9.17) is 31.2 Å². The van der Waals surface area contributed by atoms with Crippen LogP contribution in [0.5, 0.6) is 11.5 Å². The van der Waals surface area contributed by atoms with Crippen molar-refractivity contribution in [3.63, 3.8) is 0 Å². The molecule has 1 aromatic heterocycles. The first-order chi connectivity index (χ1) is 15.6. The highest BCUT2D eigenvalue weighted by Gasteiger charge is 2.33. The maximum Gasteiger partial charge on any atom is 0.258 e. The minimum atomic E-state index is -0.219. The number of aromatic nitrogens is 2. The van der Waals surface area contributed by atoms with Gasteiger partial charge in [0, 0.05) is 17.8 Å². The van der Waals surface area contributed by atoms with Gasteiger partial charge in [0.15, 0.2) is 16.6 Å². The molecule has 164 valence electrons. The summed E-state index contributed by atoms with van der Waals surface area (Å²) in [5, 5.41) is 8.27. The fourth-order valence-corrected chi connectivity index (χ4v) is 4.06. The molecule has 0 spiro atoms.